The van der Waals surface area contributed by atoms with Crippen LogP contribution in [-0.2, 0) is 23.8 Å². The third-order valence-corrected chi connectivity index (χ3v) is 5.08. The maximum absolute atomic E-state index is 12.5. The summed E-state index contributed by atoms with van der Waals surface area (Å²) in [6.07, 6.45) is 3.00. The number of para-hydroxylation sites is 2. The molecule has 1 heterocycles. The van der Waals surface area contributed by atoms with Crippen molar-refractivity contribution >= 4 is 23.3 Å². The van der Waals surface area contributed by atoms with Gasteiger partial charge in [0.1, 0.15) is 12.4 Å². The van der Waals surface area contributed by atoms with Crippen LogP contribution in [-0.4, -0.2) is 56.7 Å². The van der Waals surface area contributed by atoms with Gasteiger partial charge in [0, 0.05) is 6.04 Å². The smallest absolute Gasteiger partial charge is 0.355 e. The Labute approximate surface area is 164 Å². The van der Waals surface area contributed by atoms with Crippen LogP contribution in [0.25, 0.3) is 0 Å². The molecule has 0 atom stereocenters. The molecule has 2 N–H and O–H groups in total. The highest BCUT2D eigenvalue weighted by molar-refractivity contribution is 6.04. The van der Waals surface area contributed by atoms with Crippen molar-refractivity contribution < 1.29 is 28.9 Å². The van der Waals surface area contributed by atoms with Crippen LogP contribution < -0.4 is 10.2 Å². The van der Waals surface area contributed by atoms with E-state index in [1.165, 1.54) is 14.2 Å². The summed E-state index contributed by atoms with van der Waals surface area (Å²) in [4.78, 5) is 26.3. The van der Waals surface area contributed by atoms with Gasteiger partial charge in [-0.2, -0.15) is 0 Å². The number of aliphatic hydroxyl groups is 1. The minimum atomic E-state index is -0.628. The number of nitrogens with one attached hydrogen (secondary N) is 1. The molecular formula is C20H26N2O6. The lowest BCUT2D eigenvalue weighted by atomic mass is 9.93. The molecule has 1 fully saturated rings. The van der Waals surface area contributed by atoms with E-state index in [9.17, 15) is 14.7 Å². The van der Waals surface area contributed by atoms with Crippen molar-refractivity contribution in [1.82, 2.24) is 0 Å². The molecule has 0 unspecified atom stereocenters. The van der Waals surface area contributed by atoms with Gasteiger partial charge in [-0.15, -0.1) is 0 Å². The fourth-order valence-corrected chi connectivity index (χ4v) is 3.60. The summed E-state index contributed by atoms with van der Waals surface area (Å²) >= 11 is 0. The Balaban J connectivity index is 1.95. The lowest BCUT2D eigenvalue weighted by Gasteiger charge is -2.34. The summed E-state index contributed by atoms with van der Waals surface area (Å²) in [5.41, 5.74) is 1.76. The molecule has 0 saturated heterocycles. The van der Waals surface area contributed by atoms with Crippen molar-refractivity contribution in [1.29, 1.82) is 0 Å². The van der Waals surface area contributed by atoms with Gasteiger partial charge in [-0.1, -0.05) is 12.1 Å². The monoisotopic (exact) mass is 390 g/mol. The Bertz CT molecular complexity index is 755. The minimum absolute atomic E-state index is 0.0241. The lowest BCUT2D eigenvalue weighted by molar-refractivity contribution is -0.140. The van der Waals surface area contributed by atoms with E-state index in [-0.39, 0.29) is 36.8 Å². The topological polar surface area (TPSA) is 97.3 Å². The number of esters is 2. The second-order valence-corrected chi connectivity index (χ2v) is 6.88. The van der Waals surface area contributed by atoms with Gasteiger partial charge >= 0.3 is 11.9 Å². The first-order valence-electron chi connectivity index (χ1n) is 9.33. The first-order valence-corrected chi connectivity index (χ1v) is 9.33. The highest BCUT2D eigenvalue weighted by Crippen LogP contribution is 2.34. The van der Waals surface area contributed by atoms with Gasteiger partial charge in [-0.05, 0) is 37.8 Å². The molecule has 8 nitrogen and oxygen atoms in total. The van der Waals surface area contributed by atoms with Gasteiger partial charge in [0.05, 0.1) is 43.9 Å². The molecule has 8 heteroatoms. The average Bonchev–Trinajstić information content (AvgIpc) is 2.74. The number of hydrogen-bond acceptors (Lipinski definition) is 8. The SMILES string of the molecule is COC(=O)C1=C(C(=O)OC)N(c2ccccc2NC2CCC(O)CC2)COC1. The number of benzene rings is 1. The predicted molar refractivity (Wildman–Crippen MR) is 103 cm³/mol. The number of rotatable bonds is 5. The summed E-state index contributed by atoms with van der Waals surface area (Å²) in [6.45, 7) is 0.0801. The molecule has 152 valence electrons. The Morgan fingerprint density at radius 3 is 2.46 bits per heavy atom. The maximum atomic E-state index is 12.5. The van der Waals surface area contributed by atoms with Crippen LogP contribution in [0.3, 0.4) is 0 Å². The van der Waals surface area contributed by atoms with Gasteiger partial charge in [0.2, 0.25) is 0 Å². The van der Waals surface area contributed by atoms with E-state index in [1.54, 1.807) is 4.90 Å². The zero-order valence-electron chi connectivity index (χ0n) is 16.1. The molecular weight excluding hydrogens is 364 g/mol. The van der Waals surface area contributed by atoms with Crippen LogP contribution in [0.2, 0.25) is 0 Å². The molecule has 0 spiro atoms. The van der Waals surface area contributed by atoms with E-state index >= 15 is 0 Å². The number of carbonyl (C=O) groups is 2. The van der Waals surface area contributed by atoms with Crippen LogP contribution in [0.5, 0.6) is 0 Å². The first kappa shape index (κ1) is 20.2. The van der Waals surface area contributed by atoms with E-state index < -0.39 is 11.9 Å². The van der Waals surface area contributed by atoms with E-state index in [0.29, 0.717) is 5.69 Å². The third kappa shape index (κ3) is 4.28. The average molecular weight is 390 g/mol. The molecule has 0 aromatic heterocycles. The van der Waals surface area contributed by atoms with Crippen molar-refractivity contribution in [2.24, 2.45) is 0 Å². The zero-order valence-corrected chi connectivity index (χ0v) is 16.1. The molecule has 2 aliphatic rings. The van der Waals surface area contributed by atoms with Gasteiger partial charge < -0.3 is 29.5 Å². The lowest BCUT2D eigenvalue weighted by Crippen LogP contribution is -2.39. The van der Waals surface area contributed by atoms with Gasteiger partial charge in [0.25, 0.3) is 0 Å². The van der Waals surface area contributed by atoms with E-state index in [0.717, 1.165) is 31.4 Å². The van der Waals surface area contributed by atoms with Crippen LogP contribution in [0.4, 0.5) is 11.4 Å². The van der Waals surface area contributed by atoms with Crippen molar-refractivity contribution in [3.05, 3.63) is 35.5 Å². The highest BCUT2D eigenvalue weighted by Gasteiger charge is 2.33. The molecule has 0 amide bonds. The third-order valence-electron chi connectivity index (χ3n) is 5.08. The fraction of sp³-hybridized carbons (Fsp3) is 0.500. The molecule has 1 aliphatic carbocycles. The van der Waals surface area contributed by atoms with Gasteiger partial charge in [-0.25, -0.2) is 9.59 Å². The Kier molecular flexibility index (Phi) is 6.53. The second-order valence-electron chi connectivity index (χ2n) is 6.88. The number of nitrogens with zero attached hydrogens (tertiary/aromatic N) is 1. The molecule has 28 heavy (non-hydrogen) atoms. The van der Waals surface area contributed by atoms with Crippen molar-refractivity contribution in [2.45, 2.75) is 37.8 Å². The second kappa shape index (κ2) is 9.07. The zero-order chi connectivity index (χ0) is 20.1. The predicted octanol–water partition coefficient (Wildman–Crippen LogP) is 1.80. The summed E-state index contributed by atoms with van der Waals surface area (Å²) in [5.74, 6) is -1.25. The molecule has 0 bridgehead atoms. The van der Waals surface area contributed by atoms with E-state index in [1.807, 2.05) is 24.3 Å². The number of carbonyl (C=O) groups excluding carboxylic acids is 2. The van der Waals surface area contributed by atoms with Crippen molar-refractivity contribution in [2.75, 3.05) is 37.8 Å². The summed E-state index contributed by atoms with van der Waals surface area (Å²) in [6, 6.07) is 7.75. The molecule has 3 rings (SSSR count). The number of ether oxygens (including phenoxy) is 3. The Hall–Kier alpha value is -2.58. The van der Waals surface area contributed by atoms with Gasteiger partial charge in [0.15, 0.2) is 0 Å². The van der Waals surface area contributed by atoms with Crippen molar-refractivity contribution in [3.63, 3.8) is 0 Å². The summed E-state index contributed by atoms with van der Waals surface area (Å²) < 4.78 is 15.3. The van der Waals surface area contributed by atoms with Crippen LogP contribution in [0.15, 0.2) is 35.5 Å². The largest absolute Gasteiger partial charge is 0.466 e. The summed E-state index contributed by atoms with van der Waals surface area (Å²) in [5, 5.41) is 13.2. The number of hydrogen-bond donors (Lipinski definition) is 2. The normalized spacial score (nSPS) is 22.6. The number of aliphatic hydroxyl groups excluding tert-OH is 1. The quantitative estimate of drug-likeness (QED) is 0.735. The molecule has 1 aliphatic heterocycles. The van der Waals surface area contributed by atoms with Crippen LogP contribution in [0.1, 0.15) is 25.7 Å². The fourth-order valence-electron chi connectivity index (χ4n) is 3.60. The van der Waals surface area contributed by atoms with Crippen LogP contribution in [0, 0.1) is 0 Å². The van der Waals surface area contributed by atoms with Crippen molar-refractivity contribution in [3.8, 4) is 0 Å². The molecule has 1 saturated carbocycles. The number of anilines is 2. The maximum Gasteiger partial charge on any atom is 0.355 e. The molecule has 1 aromatic carbocycles. The Morgan fingerprint density at radius 2 is 1.79 bits per heavy atom. The first-order chi connectivity index (χ1) is 13.5. The van der Waals surface area contributed by atoms with E-state index in [2.05, 4.69) is 5.32 Å². The standard InChI is InChI=1S/C20H26N2O6/c1-26-19(24)15-11-28-12-22(18(15)20(25)27-2)17-6-4-3-5-16(17)21-13-7-9-14(23)10-8-13/h3-6,13-14,21,23H,7-12H2,1-2H3. The minimum Gasteiger partial charge on any atom is -0.466 e. The highest BCUT2D eigenvalue weighted by atomic mass is 16.5. The molecule has 0 radical (unpaired) electrons. The van der Waals surface area contributed by atoms with Crippen LogP contribution >= 0.6 is 0 Å². The Morgan fingerprint density at radius 1 is 1.11 bits per heavy atom. The molecule has 1 aromatic rings. The summed E-state index contributed by atoms with van der Waals surface area (Å²) in [7, 11) is 2.53. The van der Waals surface area contributed by atoms with E-state index in [4.69, 9.17) is 14.2 Å². The van der Waals surface area contributed by atoms with Gasteiger partial charge in [-0.3, -0.25) is 0 Å². The number of methoxy groups -OCH3 is 2.